The van der Waals surface area contributed by atoms with Crippen LogP contribution in [0.15, 0.2) is 36.5 Å². The van der Waals surface area contributed by atoms with E-state index in [1.54, 1.807) is 0 Å². The average molecular weight is 286 g/mol. The first-order valence-corrected chi connectivity index (χ1v) is 7.30. The number of benzene rings is 1. The predicted molar refractivity (Wildman–Crippen MR) is 84.0 cm³/mol. The summed E-state index contributed by atoms with van der Waals surface area (Å²) < 4.78 is 11.4. The summed E-state index contributed by atoms with van der Waals surface area (Å²) in [4.78, 5) is 4.33. The maximum absolute atomic E-state index is 5.98. The molecule has 0 amide bonds. The highest BCUT2D eigenvalue weighted by Gasteiger charge is 2.06. The minimum Gasteiger partial charge on any atom is -0.494 e. The van der Waals surface area contributed by atoms with Gasteiger partial charge in [-0.3, -0.25) is 4.98 Å². The summed E-state index contributed by atoms with van der Waals surface area (Å²) in [6.07, 6.45) is 1.86. The molecule has 2 rings (SSSR count). The minimum absolute atomic E-state index is 0.663. The van der Waals surface area contributed by atoms with Gasteiger partial charge in [-0.2, -0.15) is 0 Å². The summed E-state index contributed by atoms with van der Waals surface area (Å²) in [6, 6.07) is 9.62. The van der Waals surface area contributed by atoms with Crippen molar-refractivity contribution >= 4 is 0 Å². The molecule has 0 atom stereocenters. The zero-order valence-corrected chi connectivity index (χ0v) is 12.8. The van der Waals surface area contributed by atoms with Crippen LogP contribution in [0, 0.1) is 6.92 Å². The lowest BCUT2D eigenvalue weighted by Gasteiger charge is -2.12. The predicted octanol–water partition coefficient (Wildman–Crippen LogP) is 3.69. The summed E-state index contributed by atoms with van der Waals surface area (Å²) >= 11 is 0. The summed E-state index contributed by atoms with van der Waals surface area (Å²) in [5.74, 6) is 2.48. The van der Waals surface area contributed by atoms with Crippen molar-refractivity contribution in [2.75, 3.05) is 13.2 Å². The summed E-state index contributed by atoms with van der Waals surface area (Å²) in [5, 5.41) is 3.30. The van der Waals surface area contributed by atoms with Crippen molar-refractivity contribution in [3.05, 3.63) is 47.8 Å². The molecule has 0 aliphatic rings. The van der Waals surface area contributed by atoms with E-state index in [1.165, 1.54) is 0 Å². The lowest BCUT2D eigenvalue weighted by molar-refractivity contribution is 0.339. The molecule has 0 fully saturated rings. The van der Waals surface area contributed by atoms with Gasteiger partial charge in [0.1, 0.15) is 17.2 Å². The Morgan fingerprint density at radius 3 is 2.48 bits per heavy atom. The quantitative estimate of drug-likeness (QED) is 0.843. The summed E-state index contributed by atoms with van der Waals surface area (Å²) in [5.41, 5.74) is 1.99. The Bertz CT molecular complexity index is 568. The fourth-order valence-electron chi connectivity index (χ4n) is 1.95. The fraction of sp³-hybridized carbons (Fsp3) is 0.353. The van der Waals surface area contributed by atoms with Gasteiger partial charge in [-0.15, -0.1) is 0 Å². The molecule has 0 spiro atoms. The standard InChI is InChI=1S/C17H22N2O2/c1-4-18-11-14-12-19-13(3)10-17(14)21-16-8-6-15(7-9-16)20-5-2/h6-10,12,18H,4-5,11H2,1-3H3. The SMILES string of the molecule is CCNCc1cnc(C)cc1Oc1ccc(OCC)cc1. The molecule has 1 heterocycles. The number of rotatable bonds is 7. The maximum Gasteiger partial charge on any atom is 0.135 e. The van der Waals surface area contributed by atoms with Crippen molar-refractivity contribution in [2.24, 2.45) is 0 Å². The monoisotopic (exact) mass is 286 g/mol. The molecule has 1 N–H and O–H groups in total. The third kappa shape index (κ3) is 4.46. The van der Waals surface area contributed by atoms with Crippen molar-refractivity contribution in [3.63, 3.8) is 0 Å². The van der Waals surface area contributed by atoms with Crippen LogP contribution >= 0.6 is 0 Å². The Kier molecular flexibility index (Phi) is 5.58. The molecule has 2 aromatic rings. The molecule has 4 heteroatoms. The maximum atomic E-state index is 5.98. The molecule has 1 aromatic heterocycles. The number of hydrogen-bond acceptors (Lipinski definition) is 4. The van der Waals surface area contributed by atoms with Crippen molar-refractivity contribution in [1.29, 1.82) is 0 Å². The first kappa shape index (κ1) is 15.3. The molecule has 112 valence electrons. The number of aryl methyl sites for hydroxylation is 1. The molecule has 0 saturated carbocycles. The van der Waals surface area contributed by atoms with E-state index < -0.39 is 0 Å². The highest BCUT2D eigenvalue weighted by atomic mass is 16.5. The molecular weight excluding hydrogens is 264 g/mol. The van der Waals surface area contributed by atoms with Crippen LogP contribution in [0.1, 0.15) is 25.1 Å². The van der Waals surface area contributed by atoms with Crippen LogP contribution in [-0.2, 0) is 6.54 Å². The van der Waals surface area contributed by atoms with Crippen LogP contribution in [0.25, 0.3) is 0 Å². The van der Waals surface area contributed by atoms with Crippen molar-refractivity contribution < 1.29 is 9.47 Å². The molecule has 21 heavy (non-hydrogen) atoms. The third-order valence-corrected chi connectivity index (χ3v) is 3.01. The van der Waals surface area contributed by atoms with E-state index in [4.69, 9.17) is 9.47 Å². The van der Waals surface area contributed by atoms with E-state index in [9.17, 15) is 0 Å². The Morgan fingerprint density at radius 2 is 1.81 bits per heavy atom. The van der Waals surface area contributed by atoms with Crippen LogP contribution in [-0.4, -0.2) is 18.1 Å². The van der Waals surface area contributed by atoms with Gasteiger partial charge in [-0.25, -0.2) is 0 Å². The largest absolute Gasteiger partial charge is 0.494 e. The number of pyridine rings is 1. The third-order valence-electron chi connectivity index (χ3n) is 3.01. The van der Waals surface area contributed by atoms with Gasteiger partial charge in [0.05, 0.1) is 6.61 Å². The van der Waals surface area contributed by atoms with Gasteiger partial charge in [-0.1, -0.05) is 6.92 Å². The van der Waals surface area contributed by atoms with Crippen LogP contribution in [0.5, 0.6) is 17.2 Å². The van der Waals surface area contributed by atoms with Gasteiger partial charge in [0.25, 0.3) is 0 Å². The molecule has 0 aliphatic carbocycles. The molecule has 0 aliphatic heterocycles. The zero-order valence-electron chi connectivity index (χ0n) is 12.8. The Labute approximate surface area is 126 Å². The normalized spacial score (nSPS) is 10.4. The van der Waals surface area contributed by atoms with E-state index in [0.717, 1.165) is 41.6 Å². The molecule has 0 bridgehead atoms. The molecule has 4 nitrogen and oxygen atoms in total. The highest BCUT2D eigenvalue weighted by molar-refractivity contribution is 5.39. The molecule has 0 saturated heterocycles. The molecular formula is C17H22N2O2. The first-order chi connectivity index (χ1) is 10.2. The highest BCUT2D eigenvalue weighted by Crippen LogP contribution is 2.27. The van der Waals surface area contributed by atoms with E-state index in [1.807, 2.05) is 50.4 Å². The second-order valence-electron chi connectivity index (χ2n) is 4.72. The van der Waals surface area contributed by atoms with E-state index >= 15 is 0 Å². The number of hydrogen-bond donors (Lipinski definition) is 1. The van der Waals surface area contributed by atoms with Crippen LogP contribution in [0.4, 0.5) is 0 Å². The average Bonchev–Trinajstić information content (AvgIpc) is 2.49. The lowest BCUT2D eigenvalue weighted by Crippen LogP contribution is -2.12. The number of ether oxygens (including phenoxy) is 2. The second-order valence-corrected chi connectivity index (χ2v) is 4.72. The Morgan fingerprint density at radius 1 is 1.10 bits per heavy atom. The number of nitrogens with zero attached hydrogens (tertiary/aromatic N) is 1. The van der Waals surface area contributed by atoms with Crippen molar-refractivity contribution in [2.45, 2.75) is 27.3 Å². The van der Waals surface area contributed by atoms with Gasteiger partial charge in [0.15, 0.2) is 0 Å². The topological polar surface area (TPSA) is 43.4 Å². The molecule has 0 unspecified atom stereocenters. The Hall–Kier alpha value is -2.07. The van der Waals surface area contributed by atoms with Crippen LogP contribution in [0.3, 0.4) is 0 Å². The fourth-order valence-corrected chi connectivity index (χ4v) is 1.95. The van der Waals surface area contributed by atoms with Gasteiger partial charge < -0.3 is 14.8 Å². The van der Waals surface area contributed by atoms with E-state index in [2.05, 4.69) is 17.2 Å². The summed E-state index contributed by atoms with van der Waals surface area (Å²) in [6.45, 7) is 8.33. The minimum atomic E-state index is 0.663. The Balaban J connectivity index is 2.15. The van der Waals surface area contributed by atoms with Crippen molar-refractivity contribution in [1.82, 2.24) is 10.3 Å². The number of aromatic nitrogens is 1. The van der Waals surface area contributed by atoms with Crippen molar-refractivity contribution in [3.8, 4) is 17.2 Å². The van der Waals surface area contributed by atoms with Gasteiger partial charge in [0, 0.05) is 30.1 Å². The zero-order chi connectivity index (χ0) is 15.1. The first-order valence-electron chi connectivity index (χ1n) is 7.30. The molecule has 0 radical (unpaired) electrons. The second kappa shape index (κ2) is 7.64. The van der Waals surface area contributed by atoms with E-state index in [0.29, 0.717) is 6.61 Å². The smallest absolute Gasteiger partial charge is 0.135 e. The van der Waals surface area contributed by atoms with Gasteiger partial charge in [0.2, 0.25) is 0 Å². The summed E-state index contributed by atoms with van der Waals surface area (Å²) in [7, 11) is 0. The number of nitrogens with one attached hydrogen (secondary N) is 1. The van der Waals surface area contributed by atoms with Gasteiger partial charge >= 0.3 is 0 Å². The van der Waals surface area contributed by atoms with Crippen LogP contribution in [0.2, 0.25) is 0 Å². The lowest BCUT2D eigenvalue weighted by atomic mass is 10.2. The van der Waals surface area contributed by atoms with Crippen LogP contribution < -0.4 is 14.8 Å². The van der Waals surface area contributed by atoms with E-state index in [-0.39, 0.29) is 0 Å². The van der Waals surface area contributed by atoms with Gasteiger partial charge in [-0.05, 0) is 44.7 Å². The molecule has 1 aromatic carbocycles.